The van der Waals surface area contributed by atoms with E-state index in [0.29, 0.717) is 5.75 Å². The third kappa shape index (κ3) is 4.65. The van der Waals surface area contributed by atoms with Gasteiger partial charge in [-0.15, -0.1) is 11.8 Å². The number of carbonyl (C=O) groups excluding carboxylic acids is 1. The van der Waals surface area contributed by atoms with E-state index < -0.39 is 0 Å². The molecule has 4 nitrogen and oxygen atoms in total. The maximum atomic E-state index is 11.5. The molecule has 0 aromatic carbocycles. The number of hydrogen-bond acceptors (Lipinski definition) is 5. The topological polar surface area (TPSA) is 51.2 Å². The lowest BCUT2D eigenvalue weighted by Crippen LogP contribution is -2.39. The summed E-state index contributed by atoms with van der Waals surface area (Å²) in [7, 11) is 1.40. The monoisotopic (exact) mass is 318 g/mol. The van der Waals surface area contributed by atoms with Crippen LogP contribution >= 0.6 is 27.7 Å². The van der Waals surface area contributed by atoms with Crippen LogP contribution in [-0.4, -0.2) is 36.4 Å². The van der Waals surface area contributed by atoms with Crippen LogP contribution in [0.1, 0.15) is 6.92 Å². The first-order chi connectivity index (χ1) is 8.19. The van der Waals surface area contributed by atoms with Gasteiger partial charge in [0.25, 0.3) is 0 Å². The maximum absolute atomic E-state index is 11.5. The van der Waals surface area contributed by atoms with Gasteiger partial charge in [-0.05, 0) is 34.6 Å². The van der Waals surface area contributed by atoms with Crippen molar-refractivity contribution in [1.29, 1.82) is 0 Å². The van der Waals surface area contributed by atoms with Crippen LogP contribution in [0.25, 0.3) is 0 Å². The fourth-order valence-electron chi connectivity index (χ4n) is 1.24. The van der Waals surface area contributed by atoms with Gasteiger partial charge >= 0.3 is 5.97 Å². The van der Waals surface area contributed by atoms with Gasteiger partial charge in [0.15, 0.2) is 0 Å². The molecule has 1 unspecified atom stereocenters. The SMILES string of the molecule is CCNC(CSc1ncccc1Br)C(=O)OC. The van der Waals surface area contributed by atoms with Crippen molar-refractivity contribution >= 4 is 33.7 Å². The molecule has 0 spiro atoms. The largest absolute Gasteiger partial charge is 0.468 e. The Morgan fingerprint density at radius 1 is 1.71 bits per heavy atom. The van der Waals surface area contributed by atoms with E-state index in [1.807, 2.05) is 19.1 Å². The highest BCUT2D eigenvalue weighted by atomic mass is 79.9. The van der Waals surface area contributed by atoms with Crippen LogP contribution in [0.5, 0.6) is 0 Å². The van der Waals surface area contributed by atoms with Crippen molar-refractivity contribution in [1.82, 2.24) is 10.3 Å². The number of nitrogens with zero attached hydrogens (tertiary/aromatic N) is 1. The molecule has 1 rings (SSSR count). The van der Waals surface area contributed by atoms with Crippen molar-refractivity contribution in [2.75, 3.05) is 19.4 Å². The summed E-state index contributed by atoms with van der Waals surface area (Å²) in [4.78, 5) is 15.7. The first-order valence-corrected chi connectivity index (χ1v) is 7.01. The first kappa shape index (κ1) is 14.5. The van der Waals surface area contributed by atoms with E-state index in [4.69, 9.17) is 4.74 Å². The number of hydrogen-bond donors (Lipinski definition) is 1. The normalized spacial score (nSPS) is 12.2. The lowest BCUT2D eigenvalue weighted by atomic mass is 10.3. The number of rotatable bonds is 6. The maximum Gasteiger partial charge on any atom is 0.323 e. The molecule has 1 atom stereocenters. The number of aromatic nitrogens is 1. The van der Waals surface area contributed by atoms with Gasteiger partial charge in [0.1, 0.15) is 11.1 Å². The second-order valence-electron chi connectivity index (χ2n) is 3.23. The molecule has 17 heavy (non-hydrogen) atoms. The molecular weight excluding hydrogens is 304 g/mol. The number of nitrogens with one attached hydrogen (secondary N) is 1. The van der Waals surface area contributed by atoms with Gasteiger partial charge in [0.05, 0.1) is 7.11 Å². The molecule has 0 aliphatic carbocycles. The summed E-state index contributed by atoms with van der Waals surface area (Å²) >= 11 is 4.94. The molecule has 0 aliphatic rings. The molecule has 0 bridgehead atoms. The fraction of sp³-hybridized carbons (Fsp3) is 0.455. The Kier molecular flexibility index (Phi) is 6.54. The smallest absolute Gasteiger partial charge is 0.323 e. The molecule has 0 saturated heterocycles. The summed E-state index contributed by atoms with van der Waals surface area (Å²) in [6.07, 6.45) is 1.73. The van der Waals surface area contributed by atoms with Crippen molar-refractivity contribution in [3.63, 3.8) is 0 Å². The van der Waals surface area contributed by atoms with Gasteiger partial charge in [-0.3, -0.25) is 4.79 Å². The minimum absolute atomic E-state index is 0.244. The van der Waals surface area contributed by atoms with Gasteiger partial charge in [0.2, 0.25) is 0 Å². The number of carbonyl (C=O) groups is 1. The first-order valence-electron chi connectivity index (χ1n) is 5.23. The van der Waals surface area contributed by atoms with Gasteiger partial charge in [-0.25, -0.2) is 4.98 Å². The second-order valence-corrected chi connectivity index (χ2v) is 5.10. The molecule has 0 radical (unpaired) electrons. The molecule has 6 heteroatoms. The minimum Gasteiger partial charge on any atom is -0.468 e. The number of ether oxygens (including phenoxy) is 1. The average Bonchev–Trinajstić information content (AvgIpc) is 2.35. The minimum atomic E-state index is -0.302. The van der Waals surface area contributed by atoms with Crippen molar-refractivity contribution in [3.8, 4) is 0 Å². The fourth-order valence-corrected chi connectivity index (χ4v) is 2.76. The Balaban J connectivity index is 2.57. The van der Waals surface area contributed by atoms with Crippen LogP contribution in [0.15, 0.2) is 27.8 Å². The summed E-state index contributed by atoms with van der Waals surface area (Å²) < 4.78 is 5.67. The van der Waals surface area contributed by atoms with E-state index in [2.05, 4.69) is 26.2 Å². The summed E-state index contributed by atoms with van der Waals surface area (Å²) in [5, 5.41) is 3.96. The predicted octanol–water partition coefficient (Wildman–Crippen LogP) is 2.09. The number of halogens is 1. The standard InChI is InChI=1S/C11H15BrN2O2S/c1-3-13-9(11(15)16-2)7-17-10-8(12)5-4-6-14-10/h4-6,9,13H,3,7H2,1-2H3. The molecule has 1 N–H and O–H groups in total. The van der Waals surface area contributed by atoms with E-state index in [1.165, 1.54) is 18.9 Å². The zero-order valence-corrected chi connectivity index (χ0v) is 12.2. The third-order valence-corrected chi connectivity index (χ3v) is 4.05. The van der Waals surface area contributed by atoms with E-state index in [9.17, 15) is 4.79 Å². The predicted molar refractivity (Wildman–Crippen MR) is 72.1 cm³/mol. The van der Waals surface area contributed by atoms with Crippen molar-refractivity contribution in [3.05, 3.63) is 22.8 Å². The van der Waals surface area contributed by atoms with Crippen LogP contribution in [0, 0.1) is 0 Å². The Labute approximate surface area is 114 Å². The Bertz CT molecular complexity index is 376. The zero-order chi connectivity index (χ0) is 12.7. The molecule has 0 fully saturated rings. The molecule has 1 aromatic rings. The molecule has 0 aliphatic heterocycles. The van der Waals surface area contributed by atoms with Crippen molar-refractivity contribution in [2.45, 2.75) is 18.0 Å². The average molecular weight is 319 g/mol. The Hall–Kier alpha value is -0.590. The molecule has 1 aromatic heterocycles. The van der Waals surface area contributed by atoms with Crippen LogP contribution < -0.4 is 5.32 Å². The summed E-state index contributed by atoms with van der Waals surface area (Å²) in [6, 6.07) is 3.48. The van der Waals surface area contributed by atoms with E-state index in [1.54, 1.807) is 6.20 Å². The van der Waals surface area contributed by atoms with Gasteiger partial charge in [0, 0.05) is 16.4 Å². The number of thioether (sulfide) groups is 1. The molecule has 0 amide bonds. The molecule has 94 valence electrons. The van der Waals surface area contributed by atoms with Crippen LogP contribution in [0.3, 0.4) is 0 Å². The van der Waals surface area contributed by atoms with E-state index in [-0.39, 0.29) is 12.0 Å². The number of esters is 1. The molecular formula is C11H15BrN2O2S. The van der Waals surface area contributed by atoms with E-state index >= 15 is 0 Å². The van der Waals surface area contributed by atoms with Crippen molar-refractivity contribution < 1.29 is 9.53 Å². The highest BCUT2D eigenvalue weighted by molar-refractivity contribution is 9.10. The summed E-state index contributed by atoms with van der Waals surface area (Å²) in [5.74, 6) is 0.349. The Morgan fingerprint density at radius 3 is 3.06 bits per heavy atom. The summed E-state index contributed by atoms with van der Waals surface area (Å²) in [5.41, 5.74) is 0. The van der Waals surface area contributed by atoms with Crippen molar-refractivity contribution in [2.24, 2.45) is 0 Å². The highest BCUT2D eigenvalue weighted by Gasteiger charge is 2.18. The lowest BCUT2D eigenvalue weighted by molar-refractivity contribution is -0.142. The number of pyridine rings is 1. The van der Waals surface area contributed by atoms with Gasteiger partial charge in [-0.1, -0.05) is 6.92 Å². The second kappa shape index (κ2) is 7.68. The molecule has 0 saturated carbocycles. The lowest BCUT2D eigenvalue weighted by Gasteiger charge is -2.14. The van der Waals surface area contributed by atoms with Gasteiger partial charge in [-0.2, -0.15) is 0 Å². The quantitative estimate of drug-likeness (QED) is 0.643. The van der Waals surface area contributed by atoms with Crippen LogP contribution in [0.4, 0.5) is 0 Å². The summed E-state index contributed by atoms with van der Waals surface area (Å²) in [6.45, 7) is 2.68. The van der Waals surface area contributed by atoms with Gasteiger partial charge < -0.3 is 10.1 Å². The number of methoxy groups -OCH3 is 1. The molecule has 1 heterocycles. The van der Waals surface area contributed by atoms with Crippen LogP contribution in [0.2, 0.25) is 0 Å². The highest BCUT2D eigenvalue weighted by Crippen LogP contribution is 2.25. The third-order valence-electron chi connectivity index (χ3n) is 2.05. The zero-order valence-electron chi connectivity index (χ0n) is 9.77. The number of likely N-dealkylation sites (N-methyl/N-ethyl adjacent to an activating group) is 1. The Morgan fingerprint density at radius 2 is 2.47 bits per heavy atom. The van der Waals surface area contributed by atoms with Crippen LogP contribution in [-0.2, 0) is 9.53 Å². The van der Waals surface area contributed by atoms with E-state index in [0.717, 1.165) is 16.0 Å².